The van der Waals surface area contributed by atoms with E-state index in [-0.39, 0.29) is 5.91 Å². The van der Waals surface area contributed by atoms with Crippen LogP contribution in [0, 0.1) is 0 Å². The van der Waals surface area contributed by atoms with Crippen molar-refractivity contribution in [2.24, 2.45) is 0 Å². The van der Waals surface area contributed by atoms with Gasteiger partial charge >= 0.3 is 0 Å². The number of aromatic nitrogens is 2. The van der Waals surface area contributed by atoms with Gasteiger partial charge in [0.25, 0.3) is 5.91 Å². The van der Waals surface area contributed by atoms with Gasteiger partial charge in [-0.15, -0.1) is 0 Å². The van der Waals surface area contributed by atoms with Gasteiger partial charge in [0.1, 0.15) is 6.10 Å². The fraction of sp³-hybridized carbons (Fsp3) is 0.286. The van der Waals surface area contributed by atoms with Crippen LogP contribution in [0.4, 0.5) is 5.69 Å². The lowest BCUT2D eigenvalue weighted by Gasteiger charge is -2.15. The van der Waals surface area contributed by atoms with Crippen molar-refractivity contribution in [3.05, 3.63) is 41.1 Å². The van der Waals surface area contributed by atoms with Crippen molar-refractivity contribution < 1.29 is 9.53 Å². The molecule has 1 amide bonds. The molecular formula is C14H16BrN3O2. The van der Waals surface area contributed by atoms with Crippen LogP contribution in [0.2, 0.25) is 0 Å². The Kier molecular flexibility index (Phi) is 4.92. The summed E-state index contributed by atoms with van der Waals surface area (Å²) in [6.07, 6.45) is 3.70. The van der Waals surface area contributed by atoms with Crippen molar-refractivity contribution in [2.75, 3.05) is 12.4 Å². The van der Waals surface area contributed by atoms with E-state index in [4.69, 9.17) is 4.74 Å². The number of ether oxygens (including phenoxy) is 1. The lowest BCUT2D eigenvalue weighted by atomic mass is 10.2. The van der Waals surface area contributed by atoms with Crippen molar-refractivity contribution in [1.82, 2.24) is 9.78 Å². The first-order chi connectivity index (χ1) is 9.65. The molecule has 1 aromatic carbocycles. The molecule has 5 nitrogen and oxygen atoms in total. The van der Waals surface area contributed by atoms with Gasteiger partial charge in [-0.1, -0.05) is 19.1 Å². The number of amides is 1. The Balaban J connectivity index is 2.27. The van der Waals surface area contributed by atoms with Crippen molar-refractivity contribution >= 4 is 27.5 Å². The number of para-hydroxylation sites is 2. The highest BCUT2D eigenvalue weighted by Gasteiger charge is 2.17. The fourth-order valence-corrected chi connectivity index (χ4v) is 2.17. The Morgan fingerprint density at radius 2 is 2.25 bits per heavy atom. The zero-order valence-electron chi connectivity index (χ0n) is 11.3. The third-order valence-corrected chi connectivity index (χ3v) is 3.32. The standard InChI is InChI=1S/C14H16BrN3O2/c1-3-13(20-2)14(19)17-11-6-4-5-7-12(11)18-9-10(15)8-16-18/h4-9,13H,3H2,1-2H3,(H,17,19)/t13-/m0/s1. The Morgan fingerprint density at radius 1 is 1.50 bits per heavy atom. The van der Waals surface area contributed by atoms with Gasteiger partial charge in [0.2, 0.25) is 0 Å². The summed E-state index contributed by atoms with van der Waals surface area (Å²) in [4.78, 5) is 12.1. The topological polar surface area (TPSA) is 56.1 Å². The van der Waals surface area contributed by atoms with E-state index in [1.165, 1.54) is 7.11 Å². The summed E-state index contributed by atoms with van der Waals surface area (Å²) < 4.78 is 7.72. The molecule has 2 aromatic rings. The number of methoxy groups -OCH3 is 1. The second-order valence-electron chi connectivity index (χ2n) is 4.24. The number of anilines is 1. The van der Waals surface area contributed by atoms with E-state index in [2.05, 4.69) is 26.3 Å². The normalized spacial score (nSPS) is 12.2. The van der Waals surface area contributed by atoms with Gasteiger partial charge in [-0.05, 0) is 34.5 Å². The molecule has 0 aliphatic carbocycles. The number of rotatable bonds is 5. The minimum Gasteiger partial charge on any atom is -0.372 e. The summed E-state index contributed by atoms with van der Waals surface area (Å²) in [5, 5.41) is 7.11. The highest BCUT2D eigenvalue weighted by Crippen LogP contribution is 2.21. The zero-order valence-corrected chi connectivity index (χ0v) is 12.9. The minimum absolute atomic E-state index is 0.159. The molecule has 0 saturated heterocycles. The maximum atomic E-state index is 12.1. The molecular weight excluding hydrogens is 322 g/mol. The molecule has 0 saturated carbocycles. The molecule has 1 atom stereocenters. The first-order valence-electron chi connectivity index (χ1n) is 6.29. The third-order valence-electron chi connectivity index (χ3n) is 2.91. The van der Waals surface area contributed by atoms with Crippen LogP contribution >= 0.6 is 15.9 Å². The summed E-state index contributed by atoms with van der Waals surface area (Å²) in [7, 11) is 1.53. The summed E-state index contributed by atoms with van der Waals surface area (Å²) >= 11 is 3.36. The molecule has 0 aliphatic rings. The average Bonchev–Trinajstić information content (AvgIpc) is 2.87. The Hall–Kier alpha value is -1.66. The molecule has 0 radical (unpaired) electrons. The van der Waals surface area contributed by atoms with E-state index in [0.717, 1.165) is 10.2 Å². The number of nitrogens with zero attached hydrogens (tertiary/aromatic N) is 2. The fourth-order valence-electron chi connectivity index (χ4n) is 1.88. The van der Waals surface area contributed by atoms with E-state index >= 15 is 0 Å². The van der Waals surface area contributed by atoms with Gasteiger partial charge in [0.15, 0.2) is 0 Å². The summed E-state index contributed by atoms with van der Waals surface area (Å²) in [5.74, 6) is -0.159. The first kappa shape index (κ1) is 14.7. The van der Waals surface area contributed by atoms with Gasteiger partial charge in [-0.25, -0.2) is 4.68 Å². The number of nitrogens with one attached hydrogen (secondary N) is 1. The lowest BCUT2D eigenvalue weighted by molar-refractivity contribution is -0.125. The van der Waals surface area contributed by atoms with Gasteiger partial charge in [-0.2, -0.15) is 5.10 Å². The second kappa shape index (κ2) is 6.67. The number of hydrogen-bond donors (Lipinski definition) is 1. The van der Waals surface area contributed by atoms with Crippen LogP contribution in [-0.4, -0.2) is 28.9 Å². The summed E-state index contributed by atoms with van der Waals surface area (Å²) in [5.41, 5.74) is 1.50. The van der Waals surface area contributed by atoms with E-state index in [1.54, 1.807) is 10.9 Å². The monoisotopic (exact) mass is 337 g/mol. The van der Waals surface area contributed by atoms with E-state index < -0.39 is 6.10 Å². The quantitative estimate of drug-likeness (QED) is 0.912. The van der Waals surface area contributed by atoms with E-state index in [1.807, 2.05) is 37.4 Å². The molecule has 0 spiro atoms. The van der Waals surface area contributed by atoms with Crippen LogP contribution in [0.5, 0.6) is 0 Å². The number of carbonyl (C=O) groups excluding carboxylic acids is 1. The molecule has 0 bridgehead atoms. The van der Waals surface area contributed by atoms with Crippen molar-refractivity contribution in [1.29, 1.82) is 0 Å². The molecule has 106 valence electrons. The maximum absolute atomic E-state index is 12.1. The summed E-state index contributed by atoms with van der Waals surface area (Å²) in [6, 6.07) is 7.49. The molecule has 1 N–H and O–H groups in total. The van der Waals surface area contributed by atoms with Crippen molar-refractivity contribution in [2.45, 2.75) is 19.4 Å². The van der Waals surface area contributed by atoms with E-state index in [0.29, 0.717) is 12.1 Å². The second-order valence-corrected chi connectivity index (χ2v) is 5.16. The van der Waals surface area contributed by atoms with Crippen molar-refractivity contribution in [3.63, 3.8) is 0 Å². The van der Waals surface area contributed by atoms with Gasteiger partial charge in [0, 0.05) is 13.3 Å². The van der Waals surface area contributed by atoms with Crippen LogP contribution in [0.3, 0.4) is 0 Å². The molecule has 6 heteroatoms. The highest BCUT2D eigenvalue weighted by atomic mass is 79.9. The molecule has 0 unspecified atom stereocenters. The molecule has 0 fully saturated rings. The van der Waals surface area contributed by atoms with Crippen LogP contribution in [-0.2, 0) is 9.53 Å². The predicted molar refractivity (Wildman–Crippen MR) is 81.0 cm³/mol. The smallest absolute Gasteiger partial charge is 0.253 e. The predicted octanol–water partition coefficient (Wildman–Crippen LogP) is 3.00. The molecule has 0 aliphatic heterocycles. The summed E-state index contributed by atoms with van der Waals surface area (Å²) in [6.45, 7) is 1.91. The first-order valence-corrected chi connectivity index (χ1v) is 7.08. The van der Waals surface area contributed by atoms with Crippen LogP contribution < -0.4 is 5.32 Å². The highest BCUT2D eigenvalue weighted by molar-refractivity contribution is 9.10. The maximum Gasteiger partial charge on any atom is 0.253 e. The van der Waals surface area contributed by atoms with E-state index in [9.17, 15) is 4.79 Å². The van der Waals surface area contributed by atoms with Crippen LogP contribution in [0.25, 0.3) is 5.69 Å². The van der Waals surface area contributed by atoms with Crippen LogP contribution in [0.15, 0.2) is 41.1 Å². The average molecular weight is 338 g/mol. The SMILES string of the molecule is CC[C@H](OC)C(=O)Nc1ccccc1-n1cc(Br)cn1. The zero-order chi connectivity index (χ0) is 14.5. The molecule has 1 heterocycles. The minimum atomic E-state index is -0.451. The largest absolute Gasteiger partial charge is 0.372 e. The van der Waals surface area contributed by atoms with Crippen LogP contribution in [0.1, 0.15) is 13.3 Å². The Morgan fingerprint density at radius 3 is 2.85 bits per heavy atom. The van der Waals surface area contributed by atoms with Crippen molar-refractivity contribution in [3.8, 4) is 5.69 Å². The Labute approximate surface area is 126 Å². The Bertz CT molecular complexity index is 594. The number of hydrogen-bond acceptors (Lipinski definition) is 3. The van der Waals surface area contributed by atoms with Gasteiger partial charge < -0.3 is 10.1 Å². The number of benzene rings is 1. The lowest BCUT2D eigenvalue weighted by Crippen LogP contribution is -2.29. The third kappa shape index (κ3) is 3.26. The number of halogens is 1. The molecule has 1 aromatic heterocycles. The molecule has 20 heavy (non-hydrogen) atoms. The van der Waals surface area contributed by atoms with Gasteiger partial charge in [-0.3, -0.25) is 4.79 Å². The molecule has 2 rings (SSSR count). The van der Waals surface area contributed by atoms with Gasteiger partial charge in [0.05, 0.1) is 22.0 Å². The number of carbonyl (C=O) groups is 1.